The van der Waals surface area contributed by atoms with Gasteiger partial charge in [-0.25, -0.2) is 4.99 Å². The number of aliphatic imine (C=N–C) groups is 1. The van der Waals surface area contributed by atoms with Gasteiger partial charge in [0.05, 0.1) is 12.1 Å². The van der Waals surface area contributed by atoms with E-state index in [1.807, 2.05) is 6.07 Å². The molecule has 2 aromatic carbocycles. The first-order chi connectivity index (χ1) is 14.9. The van der Waals surface area contributed by atoms with Gasteiger partial charge in [-0.15, -0.1) is 0 Å². The standard InChI is InChI=1S/C22H23ClN4O3S/c1-13-4-6-16(8-14(13)2)26-11-24-22-27(12-26)21(29)19(31-22)10-20(28)25-15-5-7-18(30-3)17(23)9-15/h4-9,19H,10-12H2,1-3H3,(H,25,28)/t19-/m1/s1. The van der Waals surface area contributed by atoms with Crippen molar-refractivity contribution in [3.63, 3.8) is 0 Å². The summed E-state index contributed by atoms with van der Waals surface area (Å²) in [5, 5.41) is 3.39. The topological polar surface area (TPSA) is 74.2 Å². The summed E-state index contributed by atoms with van der Waals surface area (Å²) in [6.07, 6.45) is 0.0618. The Kier molecular flexibility index (Phi) is 6.11. The predicted octanol–water partition coefficient (Wildman–Crippen LogP) is 4.03. The van der Waals surface area contributed by atoms with Crippen molar-refractivity contribution in [3.05, 3.63) is 52.5 Å². The van der Waals surface area contributed by atoms with Crippen molar-refractivity contribution in [3.8, 4) is 5.75 Å². The van der Waals surface area contributed by atoms with Gasteiger partial charge in [0.25, 0.3) is 0 Å². The van der Waals surface area contributed by atoms with Gasteiger partial charge in [0.1, 0.15) is 24.3 Å². The van der Waals surface area contributed by atoms with Crippen LogP contribution in [0.1, 0.15) is 17.5 Å². The number of halogens is 1. The van der Waals surface area contributed by atoms with Crippen LogP contribution in [-0.4, -0.2) is 47.6 Å². The number of rotatable bonds is 5. The van der Waals surface area contributed by atoms with Crippen molar-refractivity contribution in [2.75, 3.05) is 30.7 Å². The largest absolute Gasteiger partial charge is 0.495 e. The van der Waals surface area contributed by atoms with Crippen LogP contribution in [0, 0.1) is 13.8 Å². The van der Waals surface area contributed by atoms with Crippen molar-refractivity contribution >= 4 is 51.7 Å². The van der Waals surface area contributed by atoms with Crippen LogP contribution in [0.25, 0.3) is 0 Å². The van der Waals surface area contributed by atoms with Crippen LogP contribution in [0.15, 0.2) is 41.4 Å². The minimum Gasteiger partial charge on any atom is -0.495 e. The number of hydrogen-bond donors (Lipinski definition) is 1. The molecule has 162 valence electrons. The highest BCUT2D eigenvalue weighted by Crippen LogP contribution is 2.33. The fraction of sp³-hybridized carbons (Fsp3) is 0.318. The zero-order chi connectivity index (χ0) is 22.1. The Bertz CT molecular complexity index is 1070. The number of hydrogen-bond acceptors (Lipinski definition) is 6. The van der Waals surface area contributed by atoms with Gasteiger partial charge in [-0.2, -0.15) is 0 Å². The number of nitrogens with one attached hydrogen (secondary N) is 1. The molecule has 7 nitrogen and oxygen atoms in total. The maximum absolute atomic E-state index is 12.9. The Morgan fingerprint density at radius 3 is 2.77 bits per heavy atom. The number of amides is 2. The number of aryl methyl sites for hydroxylation is 2. The van der Waals surface area contributed by atoms with Gasteiger partial charge >= 0.3 is 0 Å². The smallest absolute Gasteiger partial charge is 0.244 e. The lowest BCUT2D eigenvalue weighted by atomic mass is 10.1. The molecule has 0 unspecified atom stereocenters. The number of carbonyl (C=O) groups excluding carboxylic acids is 2. The summed E-state index contributed by atoms with van der Waals surface area (Å²) in [7, 11) is 1.53. The number of carbonyl (C=O) groups is 2. The maximum Gasteiger partial charge on any atom is 0.244 e. The third-order valence-corrected chi connectivity index (χ3v) is 6.88. The highest BCUT2D eigenvalue weighted by molar-refractivity contribution is 8.15. The van der Waals surface area contributed by atoms with Gasteiger partial charge in [-0.3, -0.25) is 14.5 Å². The van der Waals surface area contributed by atoms with E-state index in [2.05, 4.69) is 41.2 Å². The molecule has 4 rings (SSSR count). The molecule has 1 atom stereocenters. The van der Waals surface area contributed by atoms with E-state index in [0.717, 1.165) is 5.69 Å². The first kappa shape index (κ1) is 21.5. The van der Waals surface area contributed by atoms with Crippen LogP contribution in [-0.2, 0) is 9.59 Å². The van der Waals surface area contributed by atoms with E-state index in [4.69, 9.17) is 16.3 Å². The number of methoxy groups -OCH3 is 1. The number of benzene rings is 2. The van der Waals surface area contributed by atoms with Crippen LogP contribution in [0.4, 0.5) is 11.4 Å². The maximum atomic E-state index is 12.9. The molecule has 31 heavy (non-hydrogen) atoms. The Hall–Kier alpha value is -2.71. The summed E-state index contributed by atoms with van der Waals surface area (Å²) in [4.78, 5) is 33.7. The van der Waals surface area contributed by atoms with Gasteiger partial charge in [0.15, 0.2) is 5.17 Å². The first-order valence-corrected chi connectivity index (χ1v) is 11.1. The SMILES string of the molecule is COc1ccc(NC(=O)C[C@H]2SC3=NCN(c4ccc(C)c(C)c4)CN3C2=O)cc1Cl. The van der Waals surface area contributed by atoms with E-state index in [0.29, 0.717) is 35.0 Å². The highest BCUT2D eigenvalue weighted by Gasteiger charge is 2.41. The Morgan fingerprint density at radius 2 is 2.06 bits per heavy atom. The third-order valence-electron chi connectivity index (χ3n) is 5.37. The minimum atomic E-state index is -0.493. The van der Waals surface area contributed by atoms with E-state index >= 15 is 0 Å². The van der Waals surface area contributed by atoms with Gasteiger partial charge in [-0.1, -0.05) is 29.4 Å². The lowest BCUT2D eigenvalue weighted by molar-refractivity contribution is -0.128. The molecule has 1 fully saturated rings. The van der Waals surface area contributed by atoms with E-state index in [1.54, 1.807) is 23.1 Å². The number of fused-ring (bicyclic) bond motifs is 1. The number of amidine groups is 1. The molecule has 2 aromatic rings. The van der Waals surface area contributed by atoms with Gasteiger partial charge < -0.3 is 15.0 Å². The molecular weight excluding hydrogens is 436 g/mol. The monoisotopic (exact) mass is 458 g/mol. The zero-order valence-electron chi connectivity index (χ0n) is 17.5. The van der Waals surface area contributed by atoms with Crippen molar-refractivity contribution < 1.29 is 14.3 Å². The fourth-order valence-electron chi connectivity index (χ4n) is 3.46. The van der Waals surface area contributed by atoms with E-state index in [1.165, 1.54) is 30.0 Å². The van der Waals surface area contributed by atoms with Crippen LogP contribution in [0.5, 0.6) is 5.75 Å². The van der Waals surface area contributed by atoms with Crippen molar-refractivity contribution in [1.82, 2.24) is 4.90 Å². The average molecular weight is 459 g/mol. The van der Waals surface area contributed by atoms with Crippen LogP contribution >= 0.6 is 23.4 Å². The van der Waals surface area contributed by atoms with Gasteiger partial charge in [0, 0.05) is 17.8 Å². The second kappa shape index (κ2) is 8.80. The third kappa shape index (κ3) is 4.50. The summed E-state index contributed by atoms with van der Waals surface area (Å²) in [5.41, 5.74) is 4.01. The molecule has 0 spiro atoms. The van der Waals surface area contributed by atoms with Crippen molar-refractivity contribution in [1.29, 1.82) is 0 Å². The Morgan fingerprint density at radius 1 is 1.26 bits per heavy atom. The molecule has 0 radical (unpaired) electrons. The van der Waals surface area contributed by atoms with Crippen molar-refractivity contribution in [2.24, 2.45) is 4.99 Å². The van der Waals surface area contributed by atoms with Gasteiger partial charge in [-0.05, 0) is 55.3 Å². The molecule has 0 aromatic heterocycles. The molecule has 0 bridgehead atoms. The number of nitrogens with zero attached hydrogens (tertiary/aromatic N) is 3. The molecule has 0 saturated carbocycles. The fourth-order valence-corrected chi connectivity index (χ4v) is 4.84. The second-order valence-electron chi connectivity index (χ2n) is 7.51. The normalized spacial score (nSPS) is 18.0. The molecule has 2 aliphatic rings. The van der Waals surface area contributed by atoms with E-state index in [9.17, 15) is 9.59 Å². The molecule has 9 heteroatoms. The van der Waals surface area contributed by atoms with Crippen LogP contribution < -0.4 is 15.0 Å². The summed E-state index contributed by atoms with van der Waals surface area (Å²) >= 11 is 7.46. The van der Waals surface area contributed by atoms with Crippen LogP contribution in [0.2, 0.25) is 5.02 Å². The number of anilines is 2. The molecule has 0 aliphatic carbocycles. The Balaban J connectivity index is 1.39. The first-order valence-electron chi connectivity index (χ1n) is 9.84. The molecule has 2 aliphatic heterocycles. The second-order valence-corrected chi connectivity index (χ2v) is 9.08. The summed E-state index contributed by atoms with van der Waals surface area (Å²) in [6.45, 7) is 5.05. The van der Waals surface area contributed by atoms with E-state index in [-0.39, 0.29) is 18.2 Å². The zero-order valence-corrected chi connectivity index (χ0v) is 19.1. The minimum absolute atomic E-state index is 0.0618. The highest BCUT2D eigenvalue weighted by atomic mass is 35.5. The molecule has 1 N–H and O–H groups in total. The number of ether oxygens (including phenoxy) is 1. The average Bonchev–Trinajstić information content (AvgIpc) is 3.05. The van der Waals surface area contributed by atoms with Gasteiger partial charge in [0.2, 0.25) is 11.8 Å². The lowest BCUT2D eigenvalue weighted by Gasteiger charge is -2.32. The predicted molar refractivity (Wildman–Crippen MR) is 125 cm³/mol. The Labute approximate surface area is 190 Å². The molecule has 2 amide bonds. The summed E-state index contributed by atoms with van der Waals surface area (Å²) in [5.74, 6) is 0.183. The molecule has 1 saturated heterocycles. The summed E-state index contributed by atoms with van der Waals surface area (Å²) in [6, 6.07) is 11.2. The quantitative estimate of drug-likeness (QED) is 0.732. The van der Waals surface area contributed by atoms with E-state index < -0.39 is 5.25 Å². The van der Waals surface area contributed by atoms with Crippen LogP contribution in [0.3, 0.4) is 0 Å². The lowest BCUT2D eigenvalue weighted by Crippen LogP contribution is -2.46. The molecule has 2 heterocycles. The summed E-state index contributed by atoms with van der Waals surface area (Å²) < 4.78 is 5.12. The number of thioether (sulfide) groups is 1. The molecular formula is C22H23ClN4O3S. The van der Waals surface area contributed by atoms with Crippen molar-refractivity contribution in [2.45, 2.75) is 25.5 Å².